The molecule has 0 saturated carbocycles. The SMILES string of the molecule is CCCNC(C)/C(C)=C/c1cccc(COC)c1. The second-order valence-electron chi connectivity index (χ2n) is 4.74. The Morgan fingerprint density at radius 1 is 1.44 bits per heavy atom. The summed E-state index contributed by atoms with van der Waals surface area (Å²) in [6, 6.07) is 8.91. The van der Waals surface area contributed by atoms with Crippen LogP contribution in [0.2, 0.25) is 0 Å². The fourth-order valence-electron chi connectivity index (χ4n) is 1.85. The van der Waals surface area contributed by atoms with Crippen LogP contribution >= 0.6 is 0 Å². The summed E-state index contributed by atoms with van der Waals surface area (Å²) in [6.07, 6.45) is 3.41. The van der Waals surface area contributed by atoms with Gasteiger partial charge in [0.15, 0.2) is 0 Å². The first kappa shape index (κ1) is 14.9. The van der Waals surface area contributed by atoms with Crippen molar-refractivity contribution in [1.82, 2.24) is 5.32 Å². The fourth-order valence-corrected chi connectivity index (χ4v) is 1.85. The summed E-state index contributed by atoms with van der Waals surface area (Å²) in [7, 11) is 1.73. The number of hydrogen-bond donors (Lipinski definition) is 1. The summed E-state index contributed by atoms with van der Waals surface area (Å²) >= 11 is 0. The summed E-state index contributed by atoms with van der Waals surface area (Å²) in [5, 5.41) is 3.50. The zero-order valence-corrected chi connectivity index (χ0v) is 12.0. The van der Waals surface area contributed by atoms with Gasteiger partial charge < -0.3 is 10.1 Å². The van der Waals surface area contributed by atoms with E-state index < -0.39 is 0 Å². The van der Waals surface area contributed by atoms with Crippen molar-refractivity contribution >= 4 is 6.08 Å². The highest BCUT2D eigenvalue weighted by molar-refractivity contribution is 5.54. The summed E-state index contributed by atoms with van der Waals surface area (Å²) in [4.78, 5) is 0. The Balaban J connectivity index is 2.71. The molecule has 1 N–H and O–H groups in total. The van der Waals surface area contributed by atoms with Crippen LogP contribution in [0.1, 0.15) is 38.3 Å². The predicted molar refractivity (Wildman–Crippen MR) is 78.6 cm³/mol. The molecule has 0 radical (unpaired) electrons. The van der Waals surface area contributed by atoms with Gasteiger partial charge in [-0.15, -0.1) is 0 Å². The minimum Gasteiger partial charge on any atom is -0.380 e. The number of hydrogen-bond acceptors (Lipinski definition) is 2. The third-order valence-electron chi connectivity index (χ3n) is 3.04. The lowest BCUT2D eigenvalue weighted by molar-refractivity contribution is 0.185. The molecule has 0 spiro atoms. The second kappa shape index (κ2) is 8.06. The molecule has 1 aromatic carbocycles. The molecule has 0 heterocycles. The standard InChI is InChI=1S/C16H25NO/c1-5-9-17-14(3)13(2)10-15-7-6-8-16(11-15)12-18-4/h6-8,10-11,14,17H,5,9,12H2,1-4H3/b13-10+. The molecule has 1 unspecified atom stereocenters. The first-order valence-corrected chi connectivity index (χ1v) is 6.66. The minimum atomic E-state index is 0.427. The van der Waals surface area contributed by atoms with Crippen molar-refractivity contribution in [2.24, 2.45) is 0 Å². The van der Waals surface area contributed by atoms with Crippen molar-refractivity contribution < 1.29 is 4.74 Å². The molecule has 0 amide bonds. The number of rotatable bonds is 7. The normalized spacial score (nSPS) is 13.7. The molecule has 0 aliphatic heterocycles. The van der Waals surface area contributed by atoms with Crippen molar-refractivity contribution in [2.75, 3.05) is 13.7 Å². The van der Waals surface area contributed by atoms with E-state index in [1.807, 2.05) is 0 Å². The Hall–Kier alpha value is -1.12. The van der Waals surface area contributed by atoms with Gasteiger partial charge in [0, 0.05) is 13.2 Å². The molecule has 2 heteroatoms. The zero-order valence-electron chi connectivity index (χ0n) is 12.0. The third-order valence-corrected chi connectivity index (χ3v) is 3.04. The average Bonchev–Trinajstić information content (AvgIpc) is 2.36. The van der Waals surface area contributed by atoms with E-state index in [-0.39, 0.29) is 0 Å². The van der Waals surface area contributed by atoms with Crippen LogP contribution in [0.25, 0.3) is 6.08 Å². The molecule has 18 heavy (non-hydrogen) atoms. The van der Waals surface area contributed by atoms with Gasteiger partial charge in [0.2, 0.25) is 0 Å². The Kier molecular flexibility index (Phi) is 6.69. The molecule has 1 rings (SSSR count). The fraction of sp³-hybridized carbons (Fsp3) is 0.500. The molecule has 0 bridgehead atoms. The van der Waals surface area contributed by atoms with Gasteiger partial charge in [-0.05, 0) is 44.0 Å². The molecule has 0 aliphatic carbocycles. The van der Waals surface area contributed by atoms with Gasteiger partial charge in [-0.2, -0.15) is 0 Å². The highest BCUT2D eigenvalue weighted by atomic mass is 16.5. The molecule has 100 valence electrons. The van der Waals surface area contributed by atoms with Crippen molar-refractivity contribution in [2.45, 2.75) is 39.8 Å². The molecule has 1 aromatic rings. The molecule has 2 nitrogen and oxygen atoms in total. The van der Waals surface area contributed by atoms with E-state index >= 15 is 0 Å². The molecule has 0 saturated heterocycles. The lowest BCUT2D eigenvalue weighted by Gasteiger charge is -2.14. The monoisotopic (exact) mass is 247 g/mol. The maximum Gasteiger partial charge on any atom is 0.0713 e. The predicted octanol–water partition coefficient (Wildman–Crippen LogP) is 3.62. The lowest BCUT2D eigenvalue weighted by atomic mass is 10.0. The highest BCUT2D eigenvalue weighted by Crippen LogP contribution is 2.12. The van der Waals surface area contributed by atoms with Gasteiger partial charge >= 0.3 is 0 Å². The largest absolute Gasteiger partial charge is 0.380 e. The number of nitrogens with one attached hydrogen (secondary N) is 1. The van der Waals surface area contributed by atoms with E-state index in [0.717, 1.165) is 6.54 Å². The van der Waals surface area contributed by atoms with E-state index in [2.05, 4.69) is 56.4 Å². The van der Waals surface area contributed by atoms with Gasteiger partial charge in [-0.25, -0.2) is 0 Å². The maximum absolute atomic E-state index is 5.16. The van der Waals surface area contributed by atoms with Crippen LogP contribution in [0.5, 0.6) is 0 Å². The highest BCUT2D eigenvalue weighted by Gasteiger charge is 2.02. The van der Waals surface area contributed by atoms with Crippen LogP contribution in [-0.4, -0.2) is 19.7 Å². The molecule has 0 fully saturated rings. The van der Waals surface area contributed by atoms with Gasteiger partial charge in [-0.1, -0.05) is 36.8 Å². The van der Waals surface area contributed by atoms with E-state index in [9.17, 15) is 0 Å². The van der Waals surface area contributed by atoms with Gasteiger partial charge in [-0.3, -0.25) is 0 Å². The lowest BCUT2D eigenvalue weighted by Crippen LogP contribution is -2.27. The number of methoxy groups -OCH3 is 1. The van der Waals surface area contributed by atoms with Crippen LogP contribution in [0.3, 0.4) is 0 Å². The maximum atomic E-state index is 5.16. The van der Waals surface area contributed by atoms with Crippen LogP contribution in [0.4, 0.5) is 0 Å². The summed E-state index contributed by atoms with van der Waals surface area (Å²) < 4.78 is 5.16. The zero-order chi connectivity index (χ0) is 13.4. The Bertz CT molecular complexity index is 384. The van der Waals surface area contributed by atoms with Crippen LogP contribution in [0, 0.1) is 0 Å². The molecular formula is C16H25NO. The topological polar surface area (TPSA) is 21.3 Å². The van der Waals surface area contributed by atoms with Crippen molar-refractivity contribution in [3.05, 3.63) is 41.0 Å². The number of benzene rings is 1. The first-order valence-electron chi connectivity index (χ1n) is 6.66. The molecular weight excluding hydrogens is 222 g/mol. The Labute approximate surface area is 111 Å². The van der Waals surface area contributed by atoms with Crippen molar-refractivity contribution in [1.29, 1.82) is 0 Å². The van der Waals surface area contributed by atoms with Crippen molar-refractivity contribution in [3.8, 4) is 0 Å². The number of ether oxygens (including phenoxy) is 1. The van der Waals surface area contributed by atoms with Crippen molar-refractivity contribution in [3.63, 3.8) is 0 Å². The summed E-state index contributed by atoms with van der Waals surface area (Å²) in [5.41, 5.74) is 3.82. The average molecular weight is 247 g/mol. The van der Waals surface area contributed by atoms with Crippen LogP contribution in [0.15, 0.2) is 29.8 Å². The summed E-state index contributed by atoms with van der Waals surface area (Å²) in [5.74, 6) is 0. The second-order valence-corrected chi connectivity index (χ2v) is 4.74. The molecule has 0 aromatic heterocycles. The Morgan fingerprint density at radius 2 is 2.22 bits per heavy atom. The quantitative estimate of drug-likeness (QED) is 0.794. The van der Waals surface area contributed by atoms with E-state index in [1.54, 1.807) is 7.11 Å². The smallest absolute Gasteiger partial charge is 0.0713 e. The third kappa shape index (κ3) is 5.03. The Morgan fingerprint density at radius 3 is 2.89 bits per heavy atom. The molecule has 0 aliphatic rings. The van der Waals surface area contributed by atoms with Gasteiger partial charge in [0.05, 0.1) is 6.61 Å². The summed E-state index contributed by atoms with van der Waals surface area (Å²) in [6.45, 7) is 8.31. The first-order chi connectivity index (χ1) is 8.67. The van der Waals surface area contributed by atoms with Crippen LogP contribution < -0.4 is 5.32 Å². The van der Waals surface area contributed by atoms with Gasteiger partial charge in [0.1, 0.15) is 0 Å². The minimum absolute atomic E-state index is 0.427. The van der Waals surface area contributed by atoms with E-state index in [1.165, 1.54) is 23.1 Å². The van der Waals surface area contributed by atoms with Gasteiger partial charge in [0.25, 0.3) is 0 Å². The van der Waals surface area contributed by atoms with Crippen LogP contribution in [-0.2, 0) is 11.3 Å². The van der Waals surface area contributed by atoms with E-state index in [0.29, 0.717) is 12.6 Å². The molecule has 1 atom stereocenters. The van der Waals surface area contributed by atoms with E-state index in [4.69, 9.17) is 4.74 Å².